The van der Waals surface area contributed by atoms with E-state index in [2.05, 4.69) is 0 Å². The number of benzene rings is 2. The maximum Gasteiger partial charge on any atom is 0.293 e. The molecule has 1 aliphatic heterocycles. The summed E-state index contributed by atoms with van der Waals surface area (Å²) in [5.41, 5.74) is 1.36. The number of halogens is 3. The summed E-state index contributed by atoms with van der Waals surface area (Å²) in [6.45, 7) is 2.46. The van der Waals surface area contributed by atoms with Gasteiger partial charge < -0.3 is 4.74 Å². The molecular weight excluding hydrogens is 429 g/mol. The maximum atomic E-state index is 12.7. The molecule has 2 aromatic rings. The molecule has 0 unspecified atom stereocenters. The van der Waals surface area contributed by atoms with Crippen LogP contribution in [0.1, 0.15) is 18.1 Å². The Kier molecular flexibility index (Phi) is 6.37. The first-order chi connectivity index (χ1) is 12.9. The minimum Gasteiger partial charge on any atom is -0.493 e. The van der Waals surface area contributed by atoms with Crippen LogP contribution in [-0.2, 0) is 11.3 Å². The van der Waals surface area contributed by atoms with Gasteiger partial charge in [0.25, 0.3) is 11.1 Å². The third-order valence-electron chi connectivity index (χ3n) is 3.76. The first-order valence-electron chi connectivity index (χ1n) is 8.00. The number of ether oxygens (including phenoxy) is 1. The maximum absolute atomic E-state index is 12.7. The van der Waals surface area contributed by atoms with Gasteiger partial charge in [0.1, 0.15) is 5.75 Å². The van der Waals surface area contributed by atoms with E-state index in [1.54, 1.807) is 42.5 Å². The predicted octanol–water partition coefficient (Wildman–Crippen LogP) is 6.28. The highest BCUT2D eigenvalue weighted by molar-refractivity contribution is 8.18. The Morgan fingerprint density at radius 1 is 1.07 bits per heavy atom. The molecular formula is C19H14Cl3NO3S. The third kappa shape index (κ3) is 4.61. The molecule has 0 spiro atoms. The smallest absolute Gasteiger partial charge is 0.293 e. The van der Waals surface area contributed by atoms with Crippen molar-refractivity contribution in [2.24, 2.45) is 0 Å². The normalized spacial score (nSPS) is 15.7. The van der Waals surface area contributed by atoms with Crippen LogP contribution in [0.25, 0.3) is 6.08 Å². The van der Waals surface area contributed by atoms with Gasteiger partial charge in [0, 0.05) is 10.6 Å². The zero-order valence-electron chi connectivity index (χ0n) is 14.2. The van der Waals surface area contributed by atoms with Crippen molar-refractivity contribution >= 4 is 63.8 Å². The van der Waals surface area contributed by atoms with Crippen LogP contribution in [0.3, 0.4) is 0 Å². The van der Waals surface area contributed by atoms with Gasteiger partial charge in [0.05, 0.1) is 28.1 Å². The fraction of sp³-hybridized carbons (Fsp3) is 0.158. The highest BCUT2D eigenvalue weighted by atomic mass is 35.5. The van der Waals surface area contributed by atoms with Crippen molar-refractivity contribution in [2.75, 3.05) is 6.61 Å². The summed E-state index contributed by atoms with van der Waals surface area (Å²) in [5.74, 6) is 0.219. The van der Waals surface area contributed by atoms with Crippen molar-refractivity contribution in [1.82, 2.24) is 4.90 Å². The van der Waals surface area contributed by atoms with Crippen molar-refractivity contribution < 1.29 is 14.3 Å². The summed E-state index contributed by atoms with van der Waals surface area (Å²) >= 11 is 18.8. The molecule has 4 nitrogen and oxygen atoms in total. The summed E-state index contributed by atoms with van der Waals surface area (Å²) in [6, 6.07) is 10.1. The molecule has 0 N–H and O–H groups in total. The van der Waals surface area contributed by atoms with E-state index in [-0.39, 0.29) is 17.7 Å². The summed E-state index contributed by atoms with van der Waals surface area (Å²) in [6.07, 6.45) is 1.62. The molecule has 0 aromatic heterocycles. The second kappa shape index (κ2) is 8.57. The average Bonchev–Trinajstić information content (AvgIpc) is 2.88. The molecule has 0 bridgehead atoms. The predicted molar refractivity (Wildman–Crippen MR) is 111 cm³/mol. The zero-order chi connectivity index (χ0) is 19.6. The lowest BCUT2D eigenvalue weighted by Gasteiger charge is -2.13. The molecule has 0 atom stereocenters. The number of rotatable bonds is 5. The number of nitrogens with zero attached hydrogens (tertiary/aromatic N) is 1. The van der Waals surface area contributed by atoms with Crippen molar-refractivity contribution in [3.05, 3.63) is 67.5 Å². The quantitative estimate of drug-likeness (QED) is 0.511. The third-order valence-corrected chi connectivity index (χ3v) is 5.64. The van der Waals surface area contributed by atoms with Crippen LogP contribution in [0.4, 0.5) is 4.79 Å². The monoisotopic (exact) mass is 441 g/mol. The van der Waals surface area contributed by atoms with Crippen LogP contribution in [0.5, 0.6) is 5.75 Å². The lowest BCUT2D eigenvalue weighted by atomic mass is 10.1. The number of hydrogen-bond donors (Lipinski definition) is 0. The molecule has 0 radical (unpaired) electrons. The van der Waals surface area contributed by atoms with E-state index in [4.69, 9.17) is 39.5 Å². The lowest BCUT2D eigenvalue weighted by molar-refractivity contribution is -0.123. The Bertz CT molecular complexity index is 946. The van der Waals surface area contributed by atoms with E-state index in [0.717, 1.165) is 11.8 Å². The van der Waals surface area contributed by atoms with Gasteiger partial charge in [-0.1, -0.05) is 40.9 Å². The average molecular weight is 443 g/mol. The van der Waals surface area contributed by atoms with Gasteiger partial charge >= 0.3 is 0 Å². The largest absolute Gasteiger partial charge is 0.493 e. The molecule has 0 aliphatic carbocycles. The lowest BCUT2D eigenvalue weighted by Crippen LogP contribution is -2.27. The van der Waals surface area contributed by atoms with Gasteiger partial charge in [-0.3, -0.25) is 14.5 Å². The second-order valence-electron chi connectivity index (χ2n) is 5.63. The Labute approximate surface area is 176 Å². The van der Waals surface area contributed by atoms with E-state index in [9.17, 15) is 9.59 Å². The molecule has 3 rings (SSSR count). The summed E-state index contributed by atoms with van der Waals surface area (Å²) in [5, 5.41) is 0.952. The summed E-state index contributed by atoms with van der Waals surface area (Å²) in [4.78, 5) is 26.5. The number of imide groups is 1. The van der Waals surface area contributed by atoms with Crippen LogP contribution in [0.15, 0.2) is 41.3 Å². The number of carbonyl (C=O) groups excluding carboxylic acids is 2. The van der Waals surface area contributed by atoms with Crippen molar-refractivity contribution in [3.8, 4) is 5.75 Å². The van der Waals surface area contributed by atoms with Crippen LogP contribution >= 0.6 is 46.6 Å². The van der Waals surface area contributed by atoms with Crippen molar-refractivity contribution in [1.29, 1.82) is 0 Å². The zero-order valence-corrected chi connectivity index (χ0v) is 17.3. The molecule has 0 saturated carbocycles. The molecule has 1 fully saturated rings. The summed E-state index contributed by atoms with van der Waals surface area (Å²) < 4.78 is 5.56. The Hall–Kier alpha value is -1.66. The van der Waals surface area contributed by atoms with E-state index in [0.29, 0.717) is 43.5 Å². The first kappa shape index (κ1) is 20.1. The molecule has 1 heterocycles. The van der Waals surface area contributed by atoms with Gasteiger partial charge in [-0.25, -0.2) is 0 Å². The standard InChI is InChI=1S/C19H14Cl3NO3S/c1-2-26-16-6-4-13(20)8-12(16)9-17-18(24)23(19(25)27-17)10-11-3-5-14(21)15(22)7-11/h3-9H,2,10H2,1H3/b17-9+. The Morgan fingerprint density at radius 3 is 2.56 bits per heavy atom. The van der Waals surface area contributed by atoms with Crippen LogP contribution in [0, 0.1) is 0 Å². The highest BCUT2D eigenvalue weighted by Gasteiger charge is 2.35. The van der Waals surface area contributed by atoms with Gasteiger partial charge in [0.15, 0.2) is 0 Å². The van der Waals surface area contributed by atoms with Gasteiger partial charge in [0.2, 0.25) is 0 Å². The Balaban J connectivity index is 1.86. The molecule has 140 valence electrons. The van der Waals surface area contributed by atoms with E-state index in [1.165, 1.54) is 4.90 Å². The van der Waals surface area contributed by atoms with Gasteiger partial charge in [-0.05, 0) is 60.7 Å². The first-order valence-corrected chi connectivity index (χ1v) is 9.95. The van der Waals surface area contributed by atoms with E-state index >= 15 is 0 Å². The topological polar surface area (TPSA) is 46.6 Å². The Morgan fingerprint density at radius 2 is 1.85 bits per heavy atom. The SMILES string of the molecule is CCOc1ccc(Cl)cc1/C=C1/SC(=O)N(Cc2ccc(Cl)c(Cl)c2)C1=O. The molecule has 2 aromatic carbocycles. The molecule has 8 heteroatoms. The van der Waals surface area contributed by atoms with Crippen molar-refractivity contribution in [2.45, 2.75) is 13.5 Å². The summed E-state index contributed by atoms with van der Waals surface area (Å²) in [7, 11) is 0. The van der Waals surface area contributed by atoms with Crippen LogP contribution in [0.2, 0.25) is 15.1 Å². The molecule has 1 aliphatic rings. The van der Waals surface area contributed by atoms with Crippen molar-refractivity contribution in [3.63, 3.8) is 0 Å². The fourth-order valence-electron chi connectivity index (χ4n) is 2.52. The minimum atomic E-state index is -0.376. The fourth-order valence-corrected chi connectivity index (χ4v) is 3.85. The van der Waals surface area contributed by atoms with Gasteiger partial charge in [-0.15, -0.1) is 0 Å². The van der Waals surface area contributed by atoms with E-state index < -0.39 is 0 Å². The number of hydrogen-bond acceptors (Lipinski definition) is 4. The molecule has 2 amide bonds. The van der Waals surface area contributed by atoms with Gasteiger partial charge in [-0.2, -0.15) is 0 Å². The molecule has 1 saturated heterocycles. The highest BCUT2D eigenvalue weighted by Crippen LogP contribution is 2.36. The number of thioether (sulfide) groups is 1. The van der Waals surface area contributed by atoms with Crippen LogP contribution < -0.4 is 4.74 Å². The van der Waals surface area contributed by atoms with E-state index in [1.807, 2.05) is 6.92 Å². The molecule has 27 heavy (non-hydrogen) atoms. The number of carbonyl (C=O) groups is 2. The number of amides is 2. The minimum absolute atomic E-state index is 0.118. The van der Waals surface area contributed by atoms with Crippen LogP contribution in [-0.4, -0.2) is 22.7 Å². The second-order valence-corrected chi connectivity index (χ2v) is 7.88.